The Morgan fingerprint density at radius 3 is 2.38 bits per heavy atom. The van der Waals surface area contributed by atoms with Gasteiger partial charge in [-0.1, -0.05) is 18.2 Å². The van der Waals surface area contributed by atoms with Crippen molar-refractivity contribution in [3.05, 3.63) is 31.7 Å². The van der Waals surface area contributed by atoms with Crippen molar-refractivity contribution >= 4 is 0 Å². The van der Waals surface area contributed by atoms with Crippen LogP contribution in [0.2, 0.25) is 0 Å². The minimum Gasteiger partial charge on any atom is -0.103 e. The smallest absolute Gasteiger partial charge is 0.0316 e. The Hall–Kier alpha value is -0.520. The third-order valence-corrected chi connectivity index (χ3v) is 0.871. The molecule has 0 rings (SSSR count). The highest BCUT2D eigenvalue weighted by Gasteiger charge is 1.70. The van der Waals surface area contributed by atoms with Crippen LogP contribution in [0.4, 0.5) is 0 Å². The first kappa shape index (κ1) is 7.48. The van der Waals surface area contributed by atoms with Gasteiger partial charge in [-0.25, -0.2) is 0 Å². The molecule has 1 radical (unpaired) electrons. The van der Waals surface area contributed by atoms with Gasteiger partial charge >= 0.3 is 0 Å². The molecule has 8 heavy (non-hydrogen) atoms. The van der Waals surface area contributed by atoms with E-state index in [4.69, 9.17) is 0 Å². The molecule has 0 N–H and O–H groups in total. The van der Waals surface area contributed by atoms with Gasteiger partial charge in [0.15, 0.2) is 0 Å². The van der Waals surface area contributed by atoms with E-state index >= 15 is 0 Å². The van der Waals surface area contributed by atoms with Gasteiger partial charge in [0.25, 0.3) is 0 Å². The van der Waals surface area contributed by atoms with E-state index in [0.717, 1.165) is 19.3 Å². The topological polar surface area (TPSA) is 0 Å². The number of allylic oxidation sites excluding steroid dienone is 3. The monoisotopic (exact) mass is 109 g/mol. The second kappa shape index (κ2) is 6.48. The van der Waals surface area contributed by atoms with E-state index < -0.39 is 0 Å². The molecule has 0 atom stereocenters. The number of rotatable bonds is 4. The normalized spacial score (nSPS) is 10.1. The third-order valence-electron chi connectivity index (χ3n) is 0.871. The van der Waals surface area contributed by atoms with Gasteiger partial charge in [-0.05, 0) is 26.2 Å². The van der Waals surface area contributed by atoms with E-state index in [2.05, 4.69) is 25.7 Å². The fraction of sp³-hybridized carbons (Fsp3) is 0.375. The van der Waals surface area contributed by atoms with E-state index in [1.807, 2.05) is 6.08 Å². The molecule has 0 bridgehead atoms. The van der Waals surface area contributed by atoms with Crippen LogP contribution in [0.1, 0.15) is 19.3 Å². The summed E-state index contributed by atoms with van der Waals surface area (Å²) in [6.07, 6.45) is 9.22. The molecule has 0 heteroatoms. The Balaban J connectivity index is 2.90. The Morgan fingerprint density at radius 1 is 1.12 bits per heavy atom. The van der Waals surface area contributed by atoms with Crippen LogP contribution in [0.15, 0.2) is 24.8 Å². The lowest BCUT2D eigenvalue weighted by atomic mass is 10.3. The molecule has 45 valence electrons. The molecule has 0 heterocycles. The molecule has 0 aliphatic carbocycles. The van der Waals surface area contributed by atoms with E-state index in [-0.39, 0.29) is 0 Å². The Morgan fingerprint density at radius 2 is 1.88 bits per heavy atom. The zero-order valence-corrected chi connectivity index (χ0v) is 5.27. The van der Waals surface area contributed by atoms with Gasteiger partial charge in [0.2, 0.25) is 0 Å². The zero-order chi connectivity index (χ0) is 6.24. The van der Waals surface area contributed by atoms with Crippen LogP contribution in [0.25, 0.3) is 0 Å². The van der Waals surface area contributed by atoms with E-state index in [9.17, 15) is 0 Å². The lowest BCUT2D eigenvalue weighted by molar-refractivity contribution is 1.05. The summed E-state index contributed by atoms with van der Waals surface area (Å²) in [4.78, 5) is 0. The number of hydrogen-bond donors (Lipinski definition) is 0. The molecule has 0 spiro atoms. The first-order chi connectivity index (χ1) is 3.91. The van der Waals surface area contributed by atoms with Crippen molar-refractivity contribution in [1.82, 2.24) is 0 Å². The maximum atomic E-state index is 3.67. The third kappa shape index (κ3) is 5.48. The predicted molar refractivity (Wildman–Crippen MR) is 38.5 cm³/mol. The lowest BCUT2D eigenvalue weighted by Crippen LogP contribution is -1.61. The minimum atomic E-state index is 0.900. The molecule has 0 nitrogen and oxygen atoms in total. The van der Waals surface area contributed by atoms with Crippen LogP contribution in [0.3, 0.4) is 0 Å². The van der Waals surface area contributed by atoms with Crippen LogP contribution < -0.4 is 0 Å². The number of hydrogen-bond acceptors (Lipinski definition) is 0. The molecule has 0 fully saturated rings. The first-order valence-electron chi connectivity index (χ1n) is 2.97. The quantitative estimate of drug-likeness (QED) is 0.384. The predicted octanol–water partition coefficient (Wildman–Crippen LogP) is 2.73. The van der Waals surface area contributed by atoms with Gasteiger partial charge in [0.05, 0.1) is 0 Å². The summed E-state index contributed by atoms with van der Waals surface area (Å²) in [6, 6.07) is 0. The highest BCUT2D eigenvalue weighted by atomic mass is 13.8. The summed E-state index contributed by atoms with van der Waals surface area (Å²) in [7, 11) is 0. The summed E-state index contributed by atoms with van der Waals surface area (Å²) in [5, 5.41) is 0. The molecule has 0 unspecified atom stereocenters. The molecule has 0 aromatic carbocycles. The van der Waals surface area contributed by atoms with Gasteiger partial charge in [0.1, 0.15) is 0 Å². The molecular weight excluding hydrogens is 96.1 g/mol. The van der Waals surface area contributed by atoms with Gasteiger partial charge in [-0.3, -0.25) is 0 Å². The molecule has 0 saturated carbocycles. The summed E-state index contributed by atoms with van der Waals surface area (Å²) < 4.78 is 0. The first-order valence-corrected chi connectivity index (χ1v) is 2.97. The van der Waals surface area contributed by atoms with Crippen molar-refractivity contribution in [2.75, 3.05) is 0 Å². The average molecular weight is 109 g/mol. The second-order valence-corrected chi connectivity index (χ2v) is 1.63. The molecule has 0 amide bonds. The number of unbranched alkanes of at least 4 members (excludes halogenated alkanes) is 1. The van der Waals surface area contributed by atoms with Crippen molar-refractivity contribution in [1.29, 1.82) is 0 Å². The van der Waals surface area contributed by atoms with E-state index in [0.29, 0.717) is 0 Å². The minimum absolute atomic E-state index is 0.900. The average Bonchev–Trinajstić information content (AvgIpc) is 1.81. The molecule has 0 aromatic rings. The molecule has 0 aliphatic rings. The highest BCUT2D eigenvalue weighted by Crippen LogP contribution is 1.91. The largest absolute Gasteiger partial charge is 0.103 e. The molecule has 0 saturated heterocycles. The van der Waals surface area contributed by atoms with Gasteiger partial charge < -0.3 is 0 Å². The van der Waals surface area contributed by atoms with Crippen molar-refractivity contribution < 1.29 is 0 Å². The van der Waals surface area contributed by atoms with E-state index in [1.54, 1.807) is 0 Å². The van der Waals surface area contributed by atoms with Crippen molar-refractivity contribution in [2.45, 2.75) is 19.3 Å². The standard InChI is InChI=1S/C8H13/c1-3-5-7-8-6-4-2/h3,6,8H,1-2,4-5,7H2/b8-6+. The Labute approximate surface area is 51.9 Å². The molecular formula is C8H13. The van der Waals surface area contributed by atoms with Crippen molar-refractivity contribution in [2.24, 2.45) is 0 Å². The van der Waals surface area contributed by atoms with Crippen LogP contribution in [-0.2, 0) is 0 Å². The maximum Gasteiger partial charge on any atom is -0.0316 e. The van der Waals surface area contributed by atoms with Crippen LogP contribution in [0, 0.1) is 6.92 Å². The second-order valence-electron chi connectivity index (χ2n) is 1.63. The van der Waals surface area contributed by atoms with Crippen LogP contribution in [-0.4, -0.2) is 0 Å². The lowest BCUT2D eigenvalue weighted by Gasteiger charge is -1.81. The van der Waals surface area contributed by atoms with Gasteiger partial charge in [-0.15, -0.1) is 6.58 Å². The molecule has 0 aromatic heterocycles. The van der Waals surface area contributed by atoms with Gasteiger partial charge in [-0.2, -0.15) is 0 Å². The highest BCUT2D eigenvalue weighted by molar-refractivity contribution is 4.84. The summed E-state index contributed by atoms with van der Waals surface area (Å²) >= 11 is 0. The fourth-order valence-corrected chi connectivity index (χ4v) is 0.450. The Bertz CT molecular complexity index is 70.1. The van der Waals surface area contributed by atoms with Crippen molar-refractivity contribution in [3.8, 4) is 0 Å². The van der Waals surface area contributed by atoms with Gasteiger partial charge in [0, 0.05) is 0 Å². The van der Waals surface area contributed by atoms with E-state index in [1.165, 1.54) is 0 Å². The molecule has 0 aliphatic heterocycles. The summed E-state index contributed by atoms with van der Waals surface area (Å²) in [5.41, 5.74) is 0. The SMILES string of the molecule is [CH2]C/C=C/CCC=C. The zero-order valence-electron chi connectivity index (χ0n) is 5.27. The van der Waals surface area contributed by atoms with Crippen LogP contribution >= 0.6 is 0 Å². The van der Waals surface area contributed by atoms with Crippen LogP contribution in [0.5, 0.6) is 0 Å². The summed E-state index contributed by atoms with van der Waals surface area (Å²) in [5.74, 6) is 0. The maximum absolute atomic E-state index is 3.67. The van der Waals surface area contributed by atoms with Crippen molar-refractivity contribution in [3.63, 3.8) is 0 Å². The Kier molecular flexibility index (Phi) is 6.06. The summed E-state index contributed by atoms with van der Waals surface area (Å²) in [6.45, 7) is 7.28. The fourth-order valence-electron chi connectivity index (χ4n) is 0.450.